The topological polar surface area (TPSA) is 62.3 Å². The smallest absolute Gasteiger partial charge is 0.383 e. The van der Waals surface area contributed by atoms with Gasteiger partial charge in [0.1, 0.15) is 0 Å². The summed E-state index contributed by atoms with van der Waals surface area (Å²) in [5.74, 6) is 0.125. The van der Waals surface area contributed by atoms with E-state index in [4.69, 9.17) is 0 Å². The van der Waals surface area contributed by atoms with Gasteiger partial charge in [0.2, 0.25) is 0 Å². The molecule has 2 heterocycles. The lowest BCUT2D eigenvalue weighted by molar-refractivity contribution is -0.143. The standard InChI is InChI=1S/C16H24F3N3O2S/c1-15(2,3)25(23,24)14-5-4-13(9-21-14)20-8-12-6-7-22(10-12)11-16(17,18)19/h4-5,9,12,20H,6-8,10-11H2,1-3H3. The number of nitrogens with zero attached hydrogens (tertiary/aromatic N) is 2. The second-order valence-electron chi connectivity index (χ2n) is 7.39. The number of rotatable bonds is 5. The lowest BCUT2D eigenvalue weighted by Crippen LogP contribution is -2.33. The molecule has 0 amide bonds. The molecular formula is C16H24F3N3O2S. The Bertz CT molecular complexity index is 682. The Labute approximate surface area is 146 Å². The first kappa shape index (κ1) is 20.0. The third-order valence-electron chi connectivity index (χ3n) is 4.19. The van der Waals surface area contributed by atoms with Crippen molar-refractivity contribution in [2.75, 3.05) is 31.5 Å². The molecule has 1 aromatic rings. The Morgan fingerprint density at radius 2 is 1.96 bits per heavy atom. The number of hydrogen-bond donors (Lipinski definition) is 1. The van der Waals surface area contributed by atoms with Crippen LogP contribution in [0.25, 0.3) is 0 Å². The van der Waals surface area contributed by atoms with Gasteiger partial charge < -0.3 is 5.32 Å². The van der Waals surface area contributed by atoms with Crippen molar-refractivity contribution >= 4 is 15.5 Å². The van der Waals surface area contributed by atoms with Gasteiger partial charge in [-0.05, 0) is 51.8 Å². The van der Waals surface area contributed by atoms with Crippen LogP contribution >= 0.6 is 0 Å². The number of halogens is 3. The van der Waals surface area contributed by atoms with Crippen LogP contribution in [-0.2, 0) is 9.84 Å². The van der Waals surface area contributed by atoms with Crippen LogP contribution < -0.4 is 5.32 Å². The Morgan fingerprint density at radius 1 is 1.28 bits per heavy atom. The maximum absolute atomic E-state index is 12.4. The van der Waals surface area contributed by atoms with E-state index in [1.54, 1.807) is 26.8 Å². The fourth-order valence-electron chi connectivity index (χ4n) is 2.70. The van der Waals surface area contributed by atoms with Crippen molar-refractivity contribution in [3.8, 4) is 0 Å². The van der Waals surface area contributed by atoms with Crippen LogP contribution in [-0.4, -0.2) is 55.4 Å². The average molecular weight is 379 g/mol. The third-order valence-corrected chi connectivity index (χ3v) is 6.59. The van der Waals surface area contributed by atoms with Crippen molar-refractivity contribution in [2.45, 2.75) is 43.1 Å². The van der Waals surface area contributed by atoms with Gasteiger partial charge in [0.25, 0.3) is 0 Å². The molecule has 9 heteroatoms. The van der Waals surface area contributed by atoms with E-state index >= 15 is 0 Å². The highest BCUT2D eigenvalue weighted by Crippen LogP contribution is 2.25. The molecule has 1 saturated heterocycles. The summed E-state index contributed by atoms with van der Waals surface area (Å²) in [5, 5.41) is 3.14. The van der Waals surface area contributed by atoms with Crippen LogP contribution in [0, 0.1) is 5.92 Å². The predicted octanol–water partition coefficient (Wildman–Crippen LogP) is 2.95. The molecule has 25 heavy (non-hydrogen) atoms. The fourth-order valence-corrected chi connectivity index (χ4v) is 3.76. The summed E-state index contributed by atoms with van der Waals surface area (Å²) in [6.07, 6.45) is -2.02. The molecule has 0 spiro atoms. The van der Waals surface area contributed by atoms with Gasteiger partial charge in [-0.25, -0.2) is 13.4 Å². The van der Waals surface area contributed by atoms with Gasteiger partial charge in [0.05, 0.1) is 23.2 Å². The van der Waals surface area contributed by atoms with Crippen LogP contribution in [0.5, 0.6) is 0 Å². The first-order chi connectivity index (χ1) is 11.4. The Balaban J connectivity index is 1.89. The van der Waals surface area contributed by atoms with Crippen molar-refractivity contribution < 1.29 is 21.6 Å². The SMILES string of the molecule is CC(C)(C)S(=O)(=O)c1ccc(NCC2CCN(CC(F)(F)F)C2)cn1. The summed E-state index contributed by atoms with van der Waals surface area (Å²) in [6, 6.07) is 3.08. The molecule has 1 atom stereocenters. The Morgan fingerprint density at radius 3 is 2.48 bits per heavy atom. The summed E-state index contributed by atoms with van der Waals surface area (Å²) >= 11 is 0. The molecule has 1 fully saturated rings. The zero-order chi connectivity index (χ0) is 18.9. The van der Waals surface area contributed by atoms with Gasteiger partial charge in [0.15, 0.2) is 14.9 Å². The molecular weight excluding hydrogens is 355 g/mol. The van der Waals surface area contributed by atoms with Crippen molar-refractivity contribution in [3.05, 3.63) is 18.3 Å². The molecule has 0 saturated carbocycles. The third kappa shape index (κ3) is 5.31. The van der Waals surface area contributed by atoms with E-state index in [9.17, 15) is 21.6 Å². The molecule has 5 nitrogen and oxygen atoms in total. The molecule has 1 aliphatic heterocycles. The van der Waals surface area contributed by atoms with Crippen LogP contribution in [0.15, 0.2) is 23.4 Å². The molecule has 1 unspecified atom stereocenters. The van der Waals surface area contributed by atoms with E-state index in [1.807, 2.05) is 0 Å². The number of sulfone groups is 1. The van der Waals surface area contributed by atoms with Gasteiger partial charge >= 0.3 is 6.18 Å². The van der Waals surface area contributed by atoms with Gasteiger partial charge in [-0.1, -0.05) is 0 Å². The zero-order valence-corrected chi connectivity index (χ0v) is 15.4. The Kier molecular flexibility index (Phi) is 5.68. The summed E-state index contributed by atoms with van der Waals surface area (Å²) in [6.45, 7) is 5.34. The fraction of sp³-hybridized carbons (Fsp3) is 0.688. The molecule has 0 bridgehead atoms. The average Bonchev–Trinajstić information content (AvgIpc) is 2.89. The maximum Gasteiger partial charge on any atom is 0.401 e. The van der Waals surface area contributed by atoms with Crippen molar-refractivity contribution in [1.29, 1.82) is 0 Å². The lowest BCUT2D eigenvalue weighted by atomic mass is 10.1. The summed E-state index contributed by atoms with van der Waals surface area (Å²) in [5.41, 5.74) is 0.655. The number of alkyl halides is 3. The van der Waals surface area contributed by atoms with Crippen molar-refractivity contribution in [2.24, 2.45) is 5.92 Å². The first-order valence-corrected chi connectivity index (χ1v) is 9.60. The van der Waals surface area contributed by atoms with E-state index < -0.39 is 27.3 Å². The maximum atomic E-state index is 12.4. The van der Waals surface area contributed by atoms with Gasteiger partial charge in [0, 0.05) is 13.1 Å². The van der Waals surface area contributed by atoms with Crippen LogP contribution in [0.4, 0.5) is 18.9 Å². The zero-order valence-electron chi connectivity index (χ0n) is 14.6. The van der Waals surface area contributed by atoms with E-state index in [-0.39, 0.29) is 10.9 Å². The molecule has 0 aliphatic carbocycles. The second kappa shape index (κ2) is 7.11. The van der Waals surface area contributed by atoms with Gasteiger partial charge in [-0.2, -0.15) is 13.2 Å². The normalized spacial score (nSPS) is 20.0. The highest BCUT2D eigenvalue weighted by atomic mass is 32.2. The minimum Gasteiger partial charge on any atom is -0.383 e. The van der Waals surface area contributed by atoms with Crippen LogP contribution in [0.3, 0.4) is 0 Å². The first-order valence-electron chi connectivity index (χ1n) is 8.12. The van der Waals surface area contributed by atoms with E-state index in [0.717, 1.165) is 0 Å². The number of pyridine rings is 1. The number of hydrogen-bond acceptors (Lipinski definition) is 5. The monoisotopic (exact) mass is 379 g/mol. The highest BCUT2D eigenvalue weighted by molar-refractivity contribution is 7.92. The summed E-state index contributed by atoms with van der Waals surface area (Å²) in [4.78, 5) is 5.42. The van der Waals surface area contributed by atoms with Crippen LogP contribution in [0.2, 0.25) is 0 Å². The minimum absolute atomic E-state index is 0.0165. The molecule has 0 radical (unpaired) electrons. The summed E-state index contributed by atoms with van der Waals surface area (Å²) < 4.78 is 60.8. The molecule has 1 aromatic heterocycles. The van der Waals surface area contributed by atoms with Crippen molar-refractivity contribution in [3.63, 3.8) is 0 Å². The molecule has 1 N–H and O–H groups in total. The van der Waals surface area contributed by atoms with Crippen molar-refractivity contribution in [1.82, 2.24) is 9.88 Å². The lowest BCUT2D eigenvalue weighted by Gasteiger charge is -2.19. The second-order valence-corrected chi connectivity index (χ2v) is 10.0. The minimum atomic E-state index is -4.17. The highest BCUT2D eigenvalue weighted by Gasteiger charge is 2.34. The molecule has 142 valence electrons. The van der Waals surface area contributed by atoms with E-state index in [2.05, 4.69) is 10.3 Å². The molecule has 2 rings (SSSR count). The quantitative estimate of drug-likeness (QED) is 0.852. The Hall–Kier alpha value is -1.35. The predicted molar refractivity (Wildman–Crippen MR) is 90.3 cm³/mol. The van der Waals surface area contributed by atoms with Crippen LogP contribution in [0.1, 0.15) is 27.2 Å². The number of likely N-dealkylation sites (tertiary alicyclic amines) is 1. The molecule has 0 aromatic carbocycles. The van der Waals surface area contributed by atoms with Gasteiger partial charge in [-0.15, -0.1) is 0 Å². The number of anilines is 1. The number of aromatic nitrogens is 1. The summed E-state index contributed by atoms with van der Waals surface area (Å²) in [7, 11) is -3.50. The number of nitrogens with one attached hydrogen (secondary N) is 1. The molecule has 1 aliphatic rings. The largest absolute Gasteiger partial charge is 0.401 e. The van der Waals surface area contributed by atoms with E-state index in [1.165, 1.54) is 17.2 Å². The van der Waals surface area contributed by atoms with Gasteiger partial charge in [-0.3, -0.25) is 4.90 Å². The van der Waals surface area contributed by atoms with E-state index in [0.29, 0.717) is 31.7 Å².